The fourth-order valence-corrected chi connectivity index (χ4v) is 2.91. The number of carbonyl (C=O) groups is 1. The van der Waals surface area contributed by atoms with Crippen LogP contribution in [0.1, 0.15) is 11.1 Å². The van der Waals surface area contributed by atoms with E-state index in [1.807, 2.05) is 12.1 Å². The lowest BCUT2D eigenvalue weighted by Gasteiger charge is -2.36. The predicted molar refractivity (Wildman–Crippen MR) is 88.2 cm³/mol. The molecule has 1 aliphatic rings. The van der Waals surface area contributed by atoms with Crippen molar-refractivity contribution < 1.29 is 18.0 Å². The number of piperazine rings is 1. The molecule has 1 aromatic carbocycles. The first-order chi connectivity index (χ1) is 11.9. The fraction of sp³-hybridized carbons (Fsp3) is 0.333. The molecule has 4 nitrogen and oxygen atoms in total. The number of hydrogen-bond acceptors (Lipinski definition) is 3. The van der Waals surface area contributed by atoms with Crippen LogP contribution in [0.15, 0.2) is 48.8 Å². The number of carbonyl (C=O) groups excluding carboxylic acids is 1. The maximum Gasteiger partial charge on any atom is 0.416 e. The highest BCUT2D eigenvalue weighted by Gasteiger charge is 2.30. The molecule has 0 aliphatic carbocycles. The van der Waals surface area contributed by atoms with Crippen LogP contribution in [0.5, 0.6) is 0 Å². The van der Waals surface area contributed by atoms with Crippen LogP contribution in [-0.4, -0.2) is 42.0 Å². The minimum atomic E-state index is -4.39. The van der Waals surface area contributed by atoms with Crippen LogP contribution < -0.4 is 4.90 Å². The maximum atomic E-state index is 12.8. The second-order valence-electron chi connectivity index (χ2n) is 5.95. The highest BCUT2D eigenvalue weighted by atomic mass is 19.4. The summed E-state index contributed by atoms with van der Waals surface area (Å²) in [6.45, 7) is 2.50. The van der Waals surface area contributed by atoms with Crippen molar-refractivity contribution >= 4 is 11.6 Å². The van der Waals surface area contributed by atoms with Crippen molar-refractivity contribution in [3.63, 3.8) is 0 Å². The van der Waals surface area contributed by atoms with E-state index in [-0.39, 0.29) is 12.3 Å². The number of rotatable bonds is 3. The highest BCUT2D eigenvalue weighted by Crippen LogP contribution is 2.29. The maximum absolute atomic E-state index is 12.8. The van der Waals surface area contributed by atoms with E-state index in [0.717, 1.165) is 17.8 Å². The molecule has 0 bridgehead atoms. The summed E-state index contributed by atoms with van der Waals surface area (Å²) in [7, 11) is 0. The average molecular weight is 349 g/mol. The van der Waals surface area contributed by atoms with Crippen LogP contribution in [0.3, 0.4) is 0 Å². The van der Waals surface area contributed by atoms with Gasteiger partial charge in [0.15, 0.2) is 0 Å². The Hall–Kier alpha value is -2.57. The lowest BCUT2D eigenvalue weighted by atomic mass is 10.1. The van der Waals surface area contributed by atoms with Crippen LogP contribution in [0.2, 0.25) is 0 Å². The summed E-state index contributed by atoms with van der Waals surface area (Å²) < 4.78 is 38.3. The number of halogens is 3. The van der Waals surface area contributed by atoms with E-state index in [0.29, 0.717) is 31.7 Å². The number of anilines is 1. The van der Waals surface area contributed by atoms with Gasteiger partial charge < -0.3 is 9.80 Å². The fourth-order valence-electron chi connectivity index (χ4n) is 2.91. The second kappa shape index (κ2) is 7.13. The molecule has 1 aliphatic heterocycles. The Morgan fingerprint density at radius 3 is 2.36 bits per heavy atom. The number of nitrogens with zero attached hydrogens (tertiary/aromatic N) is 3. The topological polar surface area (TPSA) is 36.4 Å². The minimum Gasteiger partial charge on any atom is -0.368 e. The Balaban J connectivity index is 1.58. The smallest absolute Gasteiger partial charge is 0.368 e. The van der Waals surface area contributed by atoms with Crippen LogP contribution in [0.25, 0.3) is 0 Å². The van der Waals surface area contributed by atoms with Gasteiger partial charge in [0.2, 0.25) is 5.91 Å². The van der Waals surface area contributed by atoms with Crippen molar-refractivity contribution in [1.29, 1.82) is 0 Å². The van der Waals surface area contributed by atoms with Crippen molar-refractivity contribution in [2.24, 2.45) is 0 Å². The molecule has 1 saturated heterocycles. The quantitative estimate of drug-likeness (QED) is 0.855. The molecule has 2 heterocycles. The van der Waals surface area contributed by atoms with E-state index in [4.69, 9.17) is 0 Å². The van der Waals surface area contributed by atoms with Gasteiger partial charge in [-0.1, -0.05) is 18.2 Å². The molecule has 0 saturated carbocycles. The number of aromatic nitrogens is 1. The summed E-state index contributed by atoms with van der Waals surface area (Å²) in [5, 5.41) is 0. The predicted octanol–water partition coefficient (Wildman–Crippen LogP) is 2.99. The van der Waals surface area contributed by atoms with Gasteiger partial charge in [0.05, 0.1) is 12.0 Å². The molecule has 2 aromatic rings. The molecule has 132 valence electrons. The van der Waals surface area contributed by atoms with Crippen LogP contribution in [-0.2, 0) is 17.4 Å². The lowest BCUT2D eigenvalue weighted by Crippen LogP contribution is -2.49. The summed E-state index contributed by atoms with van der Waals surface area (Å²) in [6, 6.07) is 8.79. The Kier molecular flexibility index (Phi) is 4.92. The van der Waals surface area contributed by atoms with Gasteiger partial charge in [-0.05, 0) is 23.8 Å². The number of benzene rings is 1. The van der Waals surface area contributed by atoms with Crippen LogP contribution in [0.4, 0.5) is 18.9 Å². The first-order valence-corrected chi connectivity index (χ1v) is 8.02. The van der Waals surface area contributed by atoms with Gasteiger partial charge in [0.1, 0.15) is 0 Å². The number of pyridine rings is 1. The largest absolute Gasteiger partial charge is 0.416 e. The molecule has 1 fully saturated rings. The van der Waals surface area contributed by atoms with Crippen molar-refractivity contribution in [1.82, 2.24) is 9.88 Å². The van der Waals surface area contributed by atoms with E-state index in [1.165, 1.54) is 6.07 Å². The second-order valence-corrected chi connectivity index (χ2v) is 5.95. The summed E-state index contributed by atoms with van der Waals surface area (Å²) in [5.74, 6) is -0.145. The van der Waals surface area contributed by atoms with E-state index in [9.17, 15) is 18.0 Å². The van der Waals surface area contributed by atoms with Gasteiger partial charge in [-0.2, -0.15) is 13.2 Å². The normalized spacial score (nSPS) is 15.3. The Morgan fingerprint density at radius 2 is 1.72 bits per heavy atom. The number of amides is 1. The van der Waals surface area contributed by atoms with Gasteiger partial charge >= 0.3 is 6.18 Å². The molecule has 1 aromatic heterocycles. The first-order valence-electron chi connectivity index (χ1n) is 8.02. The van der Waals surface area contributed by atoms with Crippen molar-refractivity contribution in [2.45, 2.75) is 12.6 Å². The summed E-state index contributed by atoms with van der Waals surface area (Å²) in [4.78, 5) is 20.2. The zero-order valence-electron chi connectivity index (χ0n) is 13.5. The van der Waals surface area contributed by atoms with E-state index in [1.54, 1.807) is 23.4 Å². The third kappa shape index (κ3) is 4.29. The molecule has 7 heteroatoms. The third-order valence-corrected chi connectivity index (χ3v) is 4.27. The standard InChI is InChI=1S/C18H18F3N3O/c19-18(20,21)15-3-1-2-14(12-15)13-17(25)24-10-8-23(9-11-24)16-4-6-22-7-5-16/h1-7,12H,8-11,13H2. The molecule has 0 spiro atoms. The average Bonchev–Trinajstić information content (AvgIpc) is 2.62. The molecule has 3 rings (SSSR count). The Labute approximate surface area is 143 Å². The van der Waals surface area contributed by atoms with Gasteiger partial charge in [0.25, 0.3) is 0 Å². The van der Waals surface area contributed by atoms with Crippen molar-refractivity contribution in [3.8, 4) is 0 Å². The Bertz CT molecular complexity index is 726. The van der Waals surface area contributed by atoms with Crippen LogP contribution >= 0.6 is 0 Å². The first kappa shape index (κ1) is 17.3. The van der Waals surface area contributed by atoms with Gasteiger partial charge in [-0.15, -0.1) is 0 Å². The van der Waals surface area contributed by atoms with Crippen LogP contribution in [0, 0.1) is 0 Å². The molecule has 1 amide bonds. The highest BCUT2D eigenvalue weighted by molar-refractivity contribution is 5.79. The van der Waals surface area contributed by atoms with Gasteiger partial charge in [-0.3, -0.25) is 9.78 Å². The summed E-state index contributed by atoms with van der Waals surface area (Å²) >= 11 is 0. The van der Waals surface area contributed by atoms with E-state index < -0.39 is 11.7 Å². The lowest BCUT2D eigenvalue weighted by molar-refractivity contribution is -0.138. The molecule has 0 N–H and O–H groups in total. The zero-order chi connectivity index (χ0) is 17.9. The summed E-state index contributed by atoms with van der Waals surface area (Å²) in [6.07, 6.45) is -0.963. The molecular weight excluding hydrogens is 331 g/mol. The monoisotopic (exact) mass is 349 g/mol. The number of hydrogen-bond donors (Lipinski definition) is 0. The van der Waals surface area contributed by atoms with Gasteiger partial charge in [0, 0.05) is 44.3 Å². The zero-order valence-corrected chi connectivity index (χ0v) is 13.5. The van der Waals surface area contributed by atoms with Gasteiger partial charge in [-0.25, -0.2) is 0 Å². The molecule has 0 atom stereocenters. The third-order valence-electron chi connectivity index (χ3n) is 4.27. The molecule has 0 radical (unpaired) electrons. The SMILES string of the molecule is O=C(Cc1cccc(C(F)(F)F)c1)N1CCN(c2ccncc2)CC1. The van der Waals surface area contributed by atoms with E-state index >= 15 is 0 Å². The van der Waals surface area contributed by atoms with Crippen molar-refractivity contribution in [2.75, 3.05) is 31.1 Å². The molecule has 0 unspecified atom stereocenters. The Morgan fingerprint density at radius 1 is 1.04 bits per heavy atom. The summed E-state index contributed by atoms with van der Waals surface area (Å²) in [5.41, 5.74) is 0.719. The van der Waals surface area contributed by atoms with Crippen molar-refractivity contribution in [3.05, 3.63) is 59.9 Å². The number of alkyl halides is 3. The molecule has 25 heavy (non-hydrogen) atoms. The molecular formula is C18H18F3N3O. The van der Waals surface area contributed by atoms with E-state index in [2.05, 4.69) is 9.88 Å². The minimum absolute atomic E-state index is 0.0147.